The topological polar surface area (TPSA) is 79.7 Å². The van der Waals surface area contributed by atoms with E-state index >= 15 is 0 Å². The fourth-order valence-corrected chi connectivity index (χ4v) is 3.35. The molecule has 0 amide bonds. The first-order valence-corrected chi connectivity index (χ1v) is 10.3. The number of carbonyl (C=O) groups is 2. The quantitative estimate of drug-likeness (QED) is 0.512. The van der Waals surface area contributed by atoms with Crippen molar-refractivity contribution in [3.05, 3.63) is 15.9 Å². The predicted molar refractivity (Wildman–Crippen MR) is 110 cm³/mol. The van der Waals surface area contributed by atoms with Crippen molar-refractivity contribution in [3.63, 3.8) is 0 Å². The molecular formula is C20H24BrF3N2O5. The molecule has 0 aliphatic carbocycles. The normalized spacial score (nSPS) is 12.2. The second-order valence-corrected chi connectivity index (χ2v) is 8.55. The highest BCUT2D eigenvalue weighted by Crippen LogP contribution is 2.45. The molecule has 31 heavy (non-hydrogen) atoms. The van der Waals surface area contributed by atoms with Gasteiger partial charge < -0.3 is 18.8 Å². The van der Waals surface area contributed by atoms with Crippen LogP contribution in [0.2, 0.25) is 0 Å². The smallest absolute Gasteiger partial charge is 0.422 e. The zero-order valence-electron chi connectivity index (χ0n) is 18.1. The van der Waals surface area contributed by atoms with E-state index in [4.69, 9.17) is 14.2 Å². The highest BCUT2D eigenvalue weighted by atomic mass is 79.9. The summed E-state index contributed by atoms with van der Waals surface area (Å²) >= 11 is 3.34. The van der Waals surface area contributed by atoms with Gasteiger partial charge in [-0.25, -0.2) is 9.78 Å². The third kappa shape index (κ3) is 5.31. The predicted octanol–water partition coefficient (Wildman–Crippen LogP) is 4.97. The van der Waals surface area contributed by atoms with Gasteiger partial charge in [0.25, 0.3) is 0 Å². The maximum Gasteiger partial charge on any atom is 0.422 e. The minimum atomic E-state index is -4.66. The molecule has 0 saturated carbocycles. The van der Waals surface area contributed by atoms with Crippen LogP contribution in [0.5, 0.6) is 11.5 Å². The molecule has 0 N–H and O–H groups in total. The molecule has 0 aliphatic rings. The molecule has 2 aromatic rings. The Morgan fingerprint density at radius 2 is 1.74 bits per heavy atom. The number of esters is 2. The average molecular weight is 509 g/mol. The lowest BCUT2D eigenvalue weighted by Crippen LogP contribution is -2.26. The van der Waals surface area contributed by atoms with Crippen LogP contribution in [0.4, 0.5) is 13.2 Å². The standard InChI is InChI=1S/C20H24BrF3N2O5/c1-7-10-12(21)14(31-18(28)19(3,4)5)11-15(30-9-20(22,23)24)13(17(27)29-8-2)26(6)16(11)25-10/h7-9H2,1-6H3. The molecule has 2 rings (SSSR count). The number of aryl methyl sites for hydroxylation is 2. The van der Waals surface area contributed by atoms with Crippen LogP contribution in [0.25, 0.3) is 11.0 Å². The van der Waals surface area contributed by atoms with Crippen molar-refractivity contribution in [2.45, 2.75) is 47.2 Å². The molecule has 0 aliphatic heterocycles. The van der Waals surface area contributed by atoms with Crippen LogP contribution < -0.4 is 9.47 Å². The van der Waals surface area contributed by atoms with E-state index in [-0.39, 0.29) is 33.6 Å². The SMILES string of the molecule is CCOC(=O)c1c(OCC(F)(F)F)c2c(OC(=O)C(C)(C)C)c(Br)c(CC)nc2n1C. The minimum absolute atomic E-state index is 0.00225. The van der Waals surface area contributed by atoms with Gasteiger partial charge in [-0.15, -0.1) is 0 Å². The number of fused-ring (bicyclic) bond motifs is 1. The largest absolute Gasteiger partial charge is 0.481 e. The second kappa shape index (κ2) is 9.05. The van der Waals surface area contributed by atoms with E-state index in [0.717, 1.165) is 0 Å². The van der Waals surface area contributed by atoms with Crippen molar-refractivity contribution in [3.8, 4) is 11.5 Å². The number of hydrogen-bond donors (Lipinski definition) is 0. The number of nitrogens with zero attached hydrogens (tertiary/aromatic N) is 2. The lowest BCUT2D eigenvalue weighted by Gasteiger charge is -2.19. The molecule has 0 aromatic carbocycles. The van der Waals surface area contributed by atoms with Gasteiger partial charge in [0.05, 0.1) is 22.2 Å². The molecule has 2 heterocycles. The van der Waals surface area contributed by atoms with E-state index in [1.54, 1.807) is 27.7 Å². The number of alkyl halides is 3. The number of ether oxygens (including phenoxy) is 3. The molecule has 172 valence electrons. The Bertz CT molecular complexity index is 1010. The number of rotatable bonds is 6. The fourth-order valence-electron chi connectivity index (χ4n) is 2.70. The Labute approximate surface area is 186 Å². The van der Waals surface area contributed by atoms with Gasteiger partial charge in [0.2, 0.25) is 0 Å². The van der Waals surface area contributed by atoms with Gasteiger partial charge in [-0.05, 0) is 50.0 Å². The molecule has 7 nitrogen and oxygen atoms in total. The van der Waals surface area contributed by atoms with Gasteiger partial charge in [-0.3, -0.25) is 4.79 Å². The van der Waals surface area contributed by atoms with E-state index < -0.39 is 35.9 Å². The van der Waals surface area contributed by atoms with Crippen molar-refractivity contribution in [2.75, 3.05) is 13.2 Å². The lowest BCUT2D eigenvalue weighted by atomic mass is 9.97. The molecule has 0 spiro atoms. The summed E-state index contributed by atoms with van der Waals surface area (Å²) in [5.74, 6) is -1.99. The van der Waals surface area contributed by atoms with Crippen molar-refractivity contribution in [1.82, 2.24) is 9.55 Å². The maximum atomic E-state index is 12.9. The first-order valence-electron chi connectivity index (χ1n) is 9.52. The van der Waals surface area contributed by atoms with Crippen molar-refractivity contribution in [2.24, 2.45) is 12.5 Å². The zero-order valence-corrected chi connectivity index (χ0v) is 19.7. The van der Waals surface area contributed by atoms with Crippen LogP contribution in [-0.4, -0.2) is 40.9 Å². The summed E-state index contributed by atoms with van der Waals surface area (Å²) in [6.45, 7) is 6.64. The molecule has 0 unspecified atom stereocenters. The summed E-state index contributed by atoms with van der Waals surface area (Å²) in [5, 5.41) is -0.0310. The highest BCUT2D eigenvalue weighted by molar-refractivity contribution is 9.10. The Morgan fingerprint density at radius 3 is 2.23 bits per heavy atom. The highest BCUT2D eigenvalue weighted by Gasteiger charge is 2.35. The summed E-state index contributed by atoms with van der Waals surface area (Å²) in [6, 6.07) is 0. The van der Waals surface area contributed by atoms with Gasteiger partial charge in [-0.1, -0.05) is 6.92 Å². The Balaban J connectivity index is 2.89. The first kappa shape index (κ1) is 25.0. The van der Waals surface area contributed by atoms with Crippen molar-refractivity contribution in [1.29, 1.82) is 0 Å². The number of aromatic nitrogens is 2. The van der Waals surface area contributed by atoms with Crippen molar-refractivity contribution >= 4 is 38.9 Å². The number of pyridine rings is 1. The van der Waals surface area contributed by atoms with Crippen LogP contribution in [0.3, 0.4) is 0 Å². The molecule has 0 radical (unpaired) electrons. The monoisotopic (exact) mass is 508 g/mol. The zero-order chi connectivity index (χ0) is 23.7. The molecule has 11 heteroatoms. The summed E-state index contributed by atoms with van der Waals surface area (Å²) < 4.78 is 56.0. The number of carbonyl (C=O) groups excluding carboxylic acids is 2. The van der Waals surface area contributed by atoms with E-state index in [1.807, 2.05) is 6.92 Å². The molecule has 0 atom stereocenters. The molecule has 2 aromatic heterocycles. The van der Waals surface area contributed by atoms with Crippen LogP contribution >= 0.6 is 15.9 Å². The average Bonchev–Trinajstić information content (AvgIpc) is 2.92. The summed E-state index contributed by atoms with van der Waals surface area (Å²) in [6.07, 6.45) is -4.24. The number of halogens is 4. The number of hydrogen-bond acceptors (Lipinski definition) is 6. The first-order chi connectivity index (χ1) is 14.2. The van der Waals surface area contributed by atoms with Gasteiger partial charge in [-0.2, -0.15) is 13.2 Å². The van der Waals surface area contributed by atoms with E-state index in [2.05, 4.69) is 20.9 Å². The third-order valence-corrected chi connectivity index (χ3v) is 5.05. The van der Waals surface area contributed by atoms with E-state index in [0.29, 0.717) is 12.1 Å². The van der Waals surface area contributed by atoms with E-state index in [1.165, 1.54) is 11.6 Å². The molecule has 0 fully saturated rings. The van der Waals surface area contributed by atoms with Gasteiger partial charge in [0.15, 0.2) is 23.8 Å². The van der Waals surface area contributed by atoms with E-state index in [9.17, 15) is 22.8 Å². The summed E-state index contributed by atoms with van der Waals surface area (Å²) in [4.78, 5) is 29.6. The molecular weight excluding hydrogens is 485 g/mol. The molecule has 0 bridgehead atoms. The Morgan fingerprint density at radius 1 is 1.13 bits per heavy atom. The maximum absolute atomic E-state index is 12.9. The Kier molecular flexibility index (Phi) is 7.29. The van der Waals surface area contributed by atoms with Crippen LogP contribution in [-0.2, 0) is 23.0 Å². The Hall–Kier alpha value is -2.30. The van der Waals surface area contributed by atoms with Crippen LogP contribution in [0.1, 0.15) is 50.8 Å². The minimum Gasteiger partial charge on any atom is -0.481 e. The summed E-state index contributed by atoms with van der Waals surface area (Å²) in [7, 11) is 1.45. The van der Waals surface area contributed by atoms with Crippen LogP contribution in [0, 0.1) is 5.41 Å². The lowest BCUT2D eigenvalue weighted by molar-refractivity contribution is -0.153. The summed E-state index contributed by atoms with van der Waals surface area (Å²) in [5.41, 5.74) is -0.547. The van der Waals surface area contributed by atoms with Gasteiger partial charge in [0, 0.05) is 7.05 Å². The second-order valence-electron chi connectivity index (χ2n) is 7.75. The third-order valence-electron chi connectivity index (χ3n) is 4.23. The van der Waals surface area contributed by atoms with Crippen LogP contribution in [0.15, 0.2) is 4.47 Å². The molecule has 0 saturated heterocycles. The fraction of sp³-hybridized carbons (Fsp3) is 0.550. The van der Waals surface area contributed by atoms with Crippen molar-refractivity contribution < 1.29 is 37.0 Å². The van der Waals surface area contributed by atoms with Gasteiger partial charge in [0.1, 0.15) is 11.0 Å². The van der Waals surface area contributed by atoms with Gasteiger partial charge >= 0.3 is 18.1 Å².